The molecule has 13 heavy (non-hydrogen) atoms. The SMILES string of the molecule is CC[CH]C1(C)CCCCCCC1C. The Balaban J connectivity index is 2.54. The van der Waals surface area contributed by atoms with Crippen molar-refractivity contribution in [1.29, 1.82) is 0 Å². The second-order valence-corrected chi connectivity index (χ2v) is 4.97. The minimum absolute atomic E-state index is 0.537. The van der Waals surface area contributed by atoms with Crippen LogP contribution in [0.5, 0.6) is 0 Å². The Morgan fingerprint density at radius 3 is 2.62 bits per heavy atom. The Kier molecular flexibility index (Phi) is 4.28. The van der Waals surface area contributed by atoms with Crippen molar-refractivity contribution < 1.29 is 0 Å². The van der Waals surface area contributed by atoms with Gasteiger partial charge in [0.15, 0.2) is 0 Å². The van der Waals surface area contributed by atoms with Crippen LogP contribution in [-0.4, -0.2) is 0 Å². The van der Waals surface area contributed by atoms with Crippen LogP contribution in [0.1, 0.15) is 65.7 Å². The van der Waals surface area contributed by atoms with E-state index in [-0.39, 0.29) is 0 Å². The van der Waals surface area contributed by atoms with Gasteiger partial charge in [-0.05, 0) is 24.2 Å². The van der Waals surface area contributed by atoms with E-state index in [2.05, 4.69) is 27.2 Å². The minimum atomic E-state index is 0.537. The maximum atomic E-state index is 2.56. The van der Waals surface area contributed by atoms with E-state index >= 15 is 0 Å². The lowest BCUT2D eigenvalue weighted by Gasteiger charge is -2.37. The number of hydrogen-bond donors (Lipinski definition) is 0. The van der Waals surface area contributed by atoms with Crippen molar-refractivity contribution in [2.45, 2.75) is 65.7 Å². The predicted octanol–water partition coefficient (Wildman–Crippen LogP) is 4.60. The summed E-state index contributed by atoms with van der Waals surface area (Å²) in [7, 11) is 0. The monoisotopic (exact) mass is 181 g/mol. The summed E-state index contributed by atoms with van der Waals surface area (Å²) in [6.07, 6.45) is 12.5. The van der Waals surface area contributed by atoms with E-state index in [4.69, 9.17) is 0 Å². The first-order valence-corrected chi connectivity index (χ1v) is 6.03. The quantitative estimate of drug-likeness (QED) is 0.584. The second kappa shape index (κ2) is 5.02. The zero-order chi connectivity index (χ0) is 9.73. The van der Waals surface area contributed by atoms with Crippen LogP contribution in [-0.2, 0) is 0 Å². The molecule has 0 saturated heterocycles. The van der Waals surface area contributed by atoms with Crippen LogP contribution in [0.25, 0.3) is 0 Å². The molecule has 0 spiro atoms. The van der Waals surface area contributed by atoms with Gasteiger partial charge in [-0.3, -0.25) is 0 Å². The summed E-state index contributed by atoms with van der Waals surface area (Å²) in [6.45, 7) is 7.18. The van der Waals surface area contributed by atoms with Crippen LogP contribution in [0.3, 0.4) is 0 Å². The summed E-state index contributed by atoms with van der Waals surface area (Å²) < 4.78 is 0. The molecule has 0 aliphatic heterocycles. The fourth-order valence-corrected chi connectivity index (χ4v) is 2.66. The molecule has 0 heteroatoms. The number of hydrogen-bond acceptors (Lipinski definition) is 0. The van der Waals surface area contributed by atoms with Crippen LogP contribution in [0.4, 0.5) is 0 Å². The van der Waals surface area contributed by atoms with Crippen molar-refractivity contribution in [2.75, 3.05) is 0 Å². The normalized spacial score (nSPS) is 36.7. The Hall–Kier alpha value is 0. The largest absolute Gasteiger partial charge is 0.0651 e. The molecule has 0 amide bonds. The van der Waals surface area contributed by atoms with Gasteiger partial charge in [0.25, 0.3) is 0 Å². The highest BCUT2D eigenvalue weighted by Gasteiger charge is 2.30. The van der Waals surface area contributed by atoms with Gasteiger partial charge in [0.2, 0.25) is 0 Å². The molecule has 1 fully saturated rings. The molecule has 0 bridgehead atoms. The van der Waals surface area contributed by atoms with E-state index in [1.165, 1.54) is 44.9 Å². The Labute approximate surface area is 84.1 Å². The minimum Gasteiger partial charge on any atom is -0.0651 e. The van der Waals surface area contributed by atoms with Crippen LogP contribution in [0.15, 0.2) is 0 Å². The van der Waals surface area contributed by atoms with Crippen molar-refractivity contribution in [2.24, 2.45) is 11.3 Å². The molecule has 1 radical (unpaired) electrons. The third kappa shape index (κ3) is 3.00. The Morgan fingerprint density at radius 1 is 1.23 bits per heavy atom. The fourth-order valence-electron chi connectivity index (χ4n) is 2.66. The van der Waals surface area contributed by atoms with Crippen LogP contribution in [0, 0.1) is 17.8 Å². The lowest BCUT2D eigenvalue weighted by Crippen LogP contribution is -2.27. The zero-order valence-corrected chi connectivity index (χ0v) is 9.60. The standard InChI is InChI=1S/C13H25/c1-4-10-13(3)11-8-6-5-7-9-12(13)2/h10,12H,4-9,11H2,1-3H3. The van der Waals surface area contributed by atoms with Gasteiger partial charge < -0.3 is 0 Å². The van der Waals surface area contributed by atoms with Gasteiger partial charge in [-0.15, -0.1) is 0 Å². The van der Waals surface area contributed by atoms with Crippen molar-refractivity contribution in [3.05, 3.63) is 6.42 Å². The topological polar surface area (TPSA) is 0 Å². The molecule has 0 aromatic heterocycles. The molecule has 1 aliphatic carbocycles. The molecule has 0 N–H and O–H groups in total. The molecule has 0 aromatic rings. The summed E-state index contributed by atoms with van der Waals surface area (Å²) in [4.78, 5) is 0. The second-order valence-electron chi connectivity index (χ2n) is 4.97. The van der Waals surface area contributed by atoms with E-state index < -0.39 is 0 Å². The Morgan fingerprint density at radius 2 is 1.92 bits per heavy atom. The highest BCUT2D eigenvalue weighted by molar-refractivity contribution is 4.92. The fraction of sp³-hybridized carbons (Fsp3) is 0.923. The molecular formula is C13H25. The van der Waals surface area contributed by atoms with Gasteiger partial charge in [-0.25, -0.2) is 0 Å². The summed E-state index contributed by atoms with van der Waals surface area (Å²) in [5.41, 5.74) is 0.537. The number of rotatable bonds is 2. The van der Waals surface area contributed by atoms with Gasteiger partial charge in [-0.2, -0.15) is 0 Å². The van der Waals surface area contributed by atoms with E-state index in [1.807, 2.05) is 0 Å². The third-order valence-electron chi connectivity index (χ3n) is 3.90. The molecule has 2 unspecified atom stereocenters. The van der Waals surface area contributed by atoms with Gasteiger partial charge in [-0.1, -0.05) is 59.3 Å². The van der Waals surface area contributed by atoms with E-state index in [0.717, 1.165) is 5.92 Å². The average molecular weight is 181 g/mol. The Bertz CT molecular complexity index is 139. The van der Waals surface area contributed by atoms with Crippen molar-refractivity contribution in [3.63, 3.8) is 0 Å². The van der Waals surface area contributed by atoms with E-state index in [0.29, 0.717) is 5.41 Å². The maximum absolute atomic E-state index is 2.56. The van der Waals surface area contributed by atoms with Crippen LogP contribution >= 0.6 is 0 Å². The molecule has 0 heterocycles. The lowest BCUT2D eigenvalue weighted by atomic mass is 9.68. The molecular weight excluding hydrogens is 156 g/mol. The highest BCUT2D eigenvalue weighted by atomic mass is 14.3. The maximum Gasteiger partial charge on any atom is -0.0269 e. The van der Waals surface area contributed by atoms with Gasteiger partial charge in [0, 0.05) is 0 Å². The molecule has 0 nitrogen and oxygen atoms in total. The van der Waals surface area contributed by atoms with Crippen molar-refractivity contribution in [1.82, 2.24) is 0 Å². The molecule has 0 aromatic carbocycles. The first-order valence-electron chi connectivity index (χ1n) is 6.03. The summed E-state index contributed by atoms with van der Waals surface area (Å²) in [6, 6.07) is 0. The zero-order valence-electron chi connectivity index (χ0n) is 9.60. The average Bonchev–Trinajstić information content (AvgIpc) is 2.09. The molecule has 1 aliphatic rings. The summed E-state index contributed by atoms with van der Waals surface area (Å²) >= 11 is 0. The van der Waals surface area contributed by atoms with Crippen molar-refractivity contribution in [3.8, 4) is 0 Å². The van der Waals surface area contributed by atoms with Gasteiger partial charge in [0.1, 0.15) is 0 Å². The van der Waals surface area contributed by atoms with Crippen LogP contribution in [0.2, 0.25) is 0 Å². The van der Waals surface area contributed by atoms with Crippen LogP contribution < -0.4 is 0 Å². The smallest absolute Gasteiger partial charge is 0.0269 e. The third-order valence-corrected chi connectivity index (χ3v) is 3.90. The van der Waals surface area contributed by atoms with E-state index in [1.54, 1.807) is 0 Å². The molecule has 77 valence electrons. The first kappa shape index (κ1) is 11.1. The molecule has 1 saturated carbocycles. The first-order chi connectivity index (χ1) is 6.19. The molecule has 1 rings (SSSR count). The summed E-state index contributed by atoms with van der Waals surface area (Å²) in [5, 5.41) is 0. The lowest BCUT2D eigenvalue weighted by molar-refractivity contribution is 0.188. The van der Waals surface area contributed by atoms with Crippen molar-refractivity contribution >= 4 is 0 Å². The predicted molar refractivity (Wildman–Crippen MR) is 59.6 cm³/mol. The summed E-state index contributed by atoms with van der Waals surface area (Å²) in [5.74, 6) is 0.896. The molecule has 2 atom stereocenters. The van der Waals surface area contributed by atoms with Gasteiger partial charge >= 0.3 is 0 Å². The highest BCUT2D eigenvalue weighted by Crippen LogP contribution is 2.41. The van der Waals surface area contributed by atoms with Gasteiger partial charge in [0.05, 0.1) is 0 Å². The van der Waals surface area contributed by atoms with E-state index in [9.17, 15) is 0 Å².